The van der Waals surface area contributed by atoms with E-state index in [0.717, 1.165) is 12.8 Å². The Morgan fingerprint density at radius 2 is 1.67 bits per heavy atom. The topological polar surface area (TPSA) is 95.5 Å². The number of likely N-dealkylation sites (N-methyl/N-ethyl adjacent to an activating group) is 1. The summed E-state index contributed by atoms with van der Waals surface area (Å²) in [4.78, 5) is 36.7. The van der Waals surface area contributed by atoms with Gasteiger partial charge >= 0.3 is 5.97 Å². The molecular formula is C18H32N2O4. The molecule has 0 aromatic rings. The highest BCUT2D eigenvalue weighted by molar-refractivity contribution is 5.91. The number of amides is 2. The molecule has 6 nitrogen and oxygen atoms in total. The average molecular weight is 340 g/mol. The Morgan fingerprint density at radius 1 is 1.12 bits per heavy atom. The SMILES string of the molecule is CNC(=O)[C@@H](NC(=O)[C@H](CC(C)C)[C@@H](C(=O)O)C1CC1)C(C)(C)C. The third-order valence-corrected chi connectivity index (χ3v) is 4.57. The molecule has 1 saturated carbocycles. The van der Waals surface area contributed by atoms with E-state index in [-0.39, 0.29) is 23.7 Å². The molecule has 1 aliphatic rings. The number of hydrogen-bond donors (Lipinski definition) is 3. The molecule has 2 amide bonds. The number of carboxylic acid groups (broad SMARTS) is 1. The normalized spacial score (nSPS) is 18.6. The van der Waals surface area contributed by atoms with Crippen LogP contribution in [0.25, 0.3) is 0 Å². The second kappa shape index (κ2) is 7.99. The van der Waals surface area contributed by atoms with Gasteiger partial charge in [-0.1, -0.05) is 34.6 Å². The van der Waals surface area contributed by atoms with Crippen molar-refractivity contribution in [2.24, 2.45) is 29.1 Å². The van der Waals surface area contributed by atoms with Crippen molar-refractivity contribution in [2.75, 3.05) is 7.05 Å². The summed E-state index contributed by atoms with van der Waals surface area (Å²) in [5, 5.41) is 15.0. The smallest absolute Gasteiger partial charge is 0.307 e. The molecule has 0 heterocycles. The molecule has 1 rings (SSSR count). The van der Waals surface area contributed by atoms with Crippen LogP contribution >= 0.6 is 0 Å². The van der Waals surface area contributed by atoms with Crippen LogP contribution in [-0.4, -0.2) is 36.0 Å². The standard InChI is InChI=1S/C18H32N2O4/c1-10(2)9-12(13(17(23)24)11-7-8-11)15(21)20-14(16(22)19-6)18(3,4)5/h10-14H,7-9H2,1-6H3,(H,19,22)(H,20,21)(H,23,24)/t12-,13+,14-/m1/s1. The number of hydrogen-bond acceptors (Lipinski definition) is 3. The fourth-order valence-corrected chi connectivity index (χ4v) is 3.15. The lowest BCUT2D eigenvalue weighted by Crippen LogP contribution is -2.55. The van der Waals surface area contributed by atoms with Crippen LogP contribution in [0, 0.1) is 29.1 Å². The summed E-state index contributed by atoms with van der Waals surface area (Å²) >= 11 is 0. The summed E-state index contributed by atoms with van der Waals surface area (Å²) in [6.07, 6.45) is 2.22. The van der Waals surface area contributed by atoms with E-state index in [1.54, 1.807) is 0 Å². The number of carbonyl (C=O) groups excluding carboxylic acids is 2. The maximum atomic E-state index is 12.9. The molecule has 24 heavy (non-hydrogen) atoms. The van der Waals surface area contributed by atoms with E-state index >= 15 is 0 Å². The van der Waals surface area contributed by atoms with E-state index in [9.17, 15) is 19.5 Å². The second-order valence-electron chi connectivity index (χ2n) is 8.36. The molecule has 1 fully saturated rings. The number of carbonyl (C=O) groups is 3. The molecule has 6 heteroatoms. The quantitative estimate of drug-likeness (QED) is 0.630. The first-order valence-electron chi connectivity index (χ1n) is 8.73. The van der Waals surface area contributed by atoms with E-state index in [0.29, 0.717) is 6.42 Å². The van der Waals surface area contributed by atoms with E-state index in [1.807, 2.05) is 34.6 Å². The molecule has 0 bridgehead atoms. The lowest BCUT2D eigenvalue weighted by atomic mass is 9.80. The third-order valence-electron chi connectivity index (χ3n) is 4.57. The van der Waals surface area contributed by atoms with Gasteiger partial charge in [-0.15, -0.1) is 0 Å². The largest absolute Gasteiger partial charge is 0.481 e. The van der Waals surface area contributed by atoms with E-state index in [4.69, 9.17) is 0 Å². The molecule has 0 aromatic carbocycles. The van der Waals surface area contributed by atoms with Crippen molar-refractivity contribution in [3.8, 4) is 0 Å². The van der Waals surface area contributed by atoms with Crippen molar-refractivity contribution in [1.82, 2.24) is 10.6 Å². The fraction of sp³-hybridized carbons (Fsp3) is 0.833. The summed E-state index contributed by atoms with van der Waals surface area (Å²) in [5.41, 5.74) is -0.462. The van der Waals surface area contributed by atoms with Gasteiger partial charge in [-0.2, -0.15) is 0 Å². The van der Waals surface area contributed by atoms with Crippen molar-refractivity contribution in [2.45, 2.75) is 59.9 Å². The molecule has 0 radical (unpaired) electrons. The Balaban J connectivity index is 3.02. The minimum Gasteiger partial charge on any atom is -0.481 e. The average Bonchev–Trinajstić information content (AvgIpc) is 3.25. The molecule has 3 N–H and O–H groups in total. The summed E-state index contributed by atoms with van der Waals surface area (Å²) < 4.78 is 0. The van der Waals surface area contributed by atoms with E-state index in [2.05, 4.69) is 10.6 Å². The number of aliphatic carboxylic acids is 1. The molecule has 3 atom stereocenters. The minimum atomic E-state index is -0.912. The van der Waals surface area contributed by atoms with Crippen molar-refractivity contribution in [1.29, 1.82) is 0 Å². The maximum Gasteiger partial charge on any atom is 0.307 e. The van der Waals surface area contributed by atoms with Crippen LogP contribution in [0.15, 0.2) is 0 Å². The number of rotatable bonds is 8. The second-order valence-corrected chi connectivity index (χ2v) is 8.36. The predicted molar refractivity (Wildman–Crippen MR) is 92.2 cm³/mol. The van der Waals surface area contributed by atoms with Crippen molar-refractivity contribution < 1.29 is 19.5 Å². The van der Waals surface area contributed by atoms with Crippen LogP contribution < -0.4 is 10.6 Å². The van der Waals surface area contributed by atoms with Crippen molar-refractivity contribution >= 4 is 17.8 Å². The Bertz CT molecular complexity index is 478. The first kappa shape index (κ1) is 20.5. The highest BCUT2D eigenvalue weighted by atomic mass is 16.4. The summed E-state index contributed by atoms with van der Waals surface area (Å²) in [7, 11) is 1.53. The van der Waals surface area contributed by atoms with Gasteiger partial charge in [0.2, 0.25) is 11.8 Å². The van der Waals surface area contributed by atoms with Gasteiger partial charge in [-0.25, -0.2) is 0 Å². The molecule has 0 aliphatic heterocycles. The van der Waals surface area contributed by atoms with Crippen LogP contribution in [0.5, 0.6) is 0 Å². The Hall–Kier alpha value is -1.59. The summed E-state index contributed by atoms with van der Waals surface area (Å²) in [6, 6.07) is -0.696. The molecule has 0 aromatic heterocycles. The Kier molecular flexibility index (Phi) is 6.81. The minimum absolute atomic E-state index is 0.0742. The predicted octanol–water partition coefficient (Wildman–Crippen LogP) is 2.04. The van der Waals surface area contributed by atoms with Gasteiger partial charge in [-0.05, 0) is 36.5 Å². The highest BCUT2D eigenvalue weighted by Crippen LogP contribution is 2.42. The van der Waals surface area contributed by atoms with E-state index in [1.165, 1.54) is 7.05 Å². The van der Waals surface area contributed by atoms with Gasteiger partial charge in [0.1, 0.15) is 6.04 Å². The maximum absolute atomic E-state index is 12.9. The van der Waals surface area contributed by atoms with Crippen LogP contribution in [0.2, 0.25) is 0 Å². The van der Waals surface area contributed by atoms with Gasteiger partial charge in [0.25, 0.3) is 0 Å². The monoisotopic (exact) mass is 340 g/mol. The summed E-state index contributed by atoms with van der Waals surface area (Å²) in [6.45, 7) is 9.58. The van der Waals surface area contributed by atoms with Crippen LogP contribution in [0.4, 0.5) is 0 Å². The molecule has 1 aliphatic carbocycles. The van der Waals surface area contributed by atoms with Gasteiger partial charge in [0.05, 0.1) is 11.8 Å². The Labute approximate surface area is 144 Å². The van der Waals surface area contributed by atoms with Crippen molar-refractivity contribution in [3.05, 3.63) is 0 Å². The van der Waals surface area contributed by atoms with Crippen molar-refractivity contribution in [3.63, 3.8) is 0 Å². The zero-order chi connectivity index (χ0) is 18.7. The zero-order valence-corrected chi connectivity index (χ0v) is 15.7. The van der Waals surface area contributed by atoms with Gasteiger partial charge in [0, 0.05) is 7.05 Å². The van der Waals surface area contributed by atoms with Crippen LogP contribution in [0.1, 0.15) is 53.9 Å². The van der Waals surface area contributed by atoms with Crippen LogP contribution in [0.3, 0.4) is 0 Å². The fourth-order valence-electron chi connectivity index (χ4n) is 3.15. The molecular weight excluding hydrogens is 308 g/mol. The van der Waals surface area contributed by atoms with Gasteiger partial charge in [0.15, 0.2) is 0 Å². The van der Waals surface area contributed by atoms with Gasteiger partial charge in [-0.3, -0.25) is 14.4 Å². The van der Waals surface area contributed by atoms with E-state index < -0.39 is 29.3 Å². The first-order valence-corrected chi connectivity index (χ1v) is 8.73. The molecule has 0 spiro atoms. The van der Waals surface area contributed by atoms with Crippen LogP contribution in [-0.2, 0) is 14.4 Å². The zero-order valence-electron chi connectivity index (χ0n) is 15.7. The number of nitrogens with one attached hydrogen (secondary N) is 2. The highest BCUT2D eigenvalue weighted by Gasteiger charge is 2.45. The lowest BCUT2D eigenvalue weighted by molar-refractivity contribution is -0.149. The molecule has 0 saturated heterocycles. The molecule has 0 unspecified atom stereocenters. The number of carboxylic acids is 1. The Morgan fingerprint density at radius 3 is 2.00 bits per heavy atom. The third kappa shape index (κ3) is 5.49. The first-order chi connectivity index (χ1) is 11.0. The summed E-state index contributed by atoms with van der Waals surface area (Å²) in [5.74, 6) is -2.50. The molecule has 138 valence electrons. The van der Waals surface area contributed by atoms with Gasteiger partial charge < -0.3 is 15.7 Å². The lowest BCUT2D eigenvalue weighted by Gasteiger charge is -2.33.